The van der Waals surface area contributed by atoms with Gasteiger partial charge in [-0.15, -0.1) is 0 Å². The van der Waals surface area contributed by atoms with Crippen molar-refractivity contribution in [2.45, 2.75) is 13.1 Å². The monoisotopic (exact) mass is 360 g/mol. The number of ether oxygens (including phenoxy) is 3. The molecule has 0 saturated heterocycles. The highest BCUT2D eigenvalue weighted by Gasteiger charge is 2.12. The highest BCUT2D eigenvalue weighted by molar-refractivity contribution is 5.89. The van der Waals surface area contributed by atoms with Crippen molar-refractivity contribution < 1.29 is 28.5 Å². The Labute approximate surface area is 151 Å². The van der Waals surface area contributed by atoms with Crippen LogP contribution in [0.3, 0.4) is 0 Å². The molecule has 6 heteroatoms. The third-order valence-electron chi connectivity index (χ3n) is 3.54. The van der Waals surface area contributed by atoms with Crippen LogP contribution in [0.25, 0.3) is 6.08 Å². The minimum Gasteiger partial charge on any atom is -0.497 e. The number of methoxy groups -OCH3 is 1. The van der Waals surface area contributed by atoms with E-state index in [1.807, 2.05) is 0 Å². The fourth-order valence-corrected chi connectivity index (χ4v) is 2.23. The summed E-state index contributed by atoms with van der Waals surface area (Å²) in [6.07, 6.45) is 0.130. The van der Waals surface area contributed by atoms with Crippen LogP contribution in [0.5, 0.6) is 11.5 Å². The molecular weight excluding hydrogens is 339 g/mol. The average molecular weight is 360 g/mol. The summed E-state index contributed by atoms with van der Waals surface area (Å²) in [6, 6.07) is 13.4. The predicted molar refractivity (Wildman–Crippen MR) is 96.0 cm³/mol. The number of hydrogen-bond acceptors (Lipinski definition) is 4. The summed E-state index contributed by atoms with van der Waals surface area (Å²) in [7, 11) is 1.53. The molecule has 0 radical (unpaired) electrons. The van der Waals surface area contributed by atoms with Crippen molar-refractivity contribution in [3.05, 3.63) is 65.4 Å². The molecule has 5 nitrogen and oxygen atoms in total. The molecule has 0 aliphatic heterocycles. The number of carboxylic acid groups (broad SMARTS) is 1. The molecule has 0 spiro atoms. The second-order valence-electron chi connectivity index (χ2n) is 5.37. The van der Waals surface area contributed by atoms with E-state index in [9.17, 15) is 9.18 Å². The Morgan fingerprint density at radius 1 is 1.19 bits per heavy atom. The molecule has 2 rings (SSSR count). The Kier molecular flexibility index (Phi) is 7.02. The van der Waals surface area contributed by atoms with Crippen molar-refractivity contribution in [1.82, 2.24) is 0 Å². The van der Waals surface area contributed by atoms with Crippen LogP contribution in [-0.2, 0) is 9.53 Å². The summed E-state index contributed by atoms with van der Waals surface area (Å²) in [4.78, 5) is 11.1. The number of aliphatic carboxylic acids is 1. The van der Waals surface area contributed by atoms with Gasteiger partial charge in [-0.05, 0) is 48.4 Å². The van der Waals surface area contributed by atoms with Gasteiger partial charge in [0.25, 0.3) is 0 Å². The van der Waals surface area contributed by atoms with E-state index >= 15 is 0 Å². The maximum absolute atomic E-state index is 14.3. The van der Waals surface area contributed by atoms with Crippen LogP contribution in [0.2, 0.25) is 0 Å². The molecule has 26 heavy (non-hydrogen) atoms. The summed E-state index contributed by atoms with van der Waals surface area (Å²) in [5.41, 5.74) is 1.12. The quantitative estimate of drug-likeness (QED) is 0.535. The highest BCUT2D eigenvalue weighted by Crippen LogP contribution is 2.23. The third kappa shape index (κ3) is 5.51. The lowest BCUT2D eigenvalue weighted by Gasteiger charge is -2.12. The lowest BCUT2D eigenvalue weighted by Crippen LogP contribution is -2.06. The van der Waals surface area contributed by atoms with Gasteiger partial charge in [0.05, 0.1) is 13.7 Å². The van der Waals surface area contributed by atoms with Crippen molar-refractivity contribution in [3.63, 3.8) is 0 Å². The topological polar surface area (TPSA) is 65.0 Å². The molecule has 1 N–H and O–H groups in total. The molecule has 2 aromatic rings. The maximum atomic E-state index is 14.3. The Hall–Kier alpha value is -3.02. The van der Waals surface area contributed by atoms with Gasteiger partial charge in [-0.3, -0.25) is 0 Å². The molecule has 2 aromatic carbocycles. The first-order valence-corrected chi connectivity index (χ1v) is 8.12. The molecule has 0 amide bonds. The zero-order valence-electron chi connectivity index (χ0n) is 14.6. The van der Waals surface area contributed by atoms with Crippen molar-refractivity contribution in [2.75, 3.05) is 20.3 Å². The minimum absolute atomic E-state index is 0.136. The summed E-state index contributed by atoms with van der Waals surface area (Å²) < 4.78 is 29.9. The first kappa shape index (κ1) is 19.3. The average Bonchev–Trinajstić information content (AvgIpc) is 2.66. The number of rotatable bonds is 9. The van der Waals surface area contributed by atoms with E-state index in [1.165, 1.54) is 13.2 Å². The van der Waals surface area contributed by atoms with Crippen LogP contribution < -0.4 is 9.47 Å². The number of carbonyl (C=O) groups is 1. The fraction of sp³-hybridized carbons (Fsp3) is 0.250. The smallest absolute Gasteiger partial charge is 0.371 e. The van der Waals surface area contributed by atoms with Gasteiger partial charge < -0.3 is 19.3 Å². The molecule has 0 bridgehead atoms. The summed E-state index contributed by atoms with van der Waals surface area (Å²) in [5, 5.41) is 9.04. The maximum Gasteiger partial charge on any atom is 0.371 e. The number of carboxylic acids is 1. The summed E-state index contributed by atoms with van der Waals surface area (Å²) in [6.45, 7) is 1.84. The Morgan fingerprint density at radius 2 is 1.92 bits per heavy atom. The number of hydrogen-bond donors (Lipinski definition) is 1. The van der Waals surface area contributed by atoms with Crippen molar-refractivity contribution in [2.24, 2.45) is 0 Å². The van der Waals surface area contributed by atoms with Crippen molar-refractivity contribution in [3.8, 4) is 11.5 Å². The van der Waals surface area contributed by atoms with E-state index in [0.29, 0.717) is 22.6 Å². The molecule has 1 atom stereocenters. The van der Waals surface area contributed by atoms with E-state index in [4.69, 9.17) is 19.3 Å². The van der Waals surface area contributed by atoms with Gasteiger partial charge in [0.2, 0.25) is 5.76 Å². The lowest BCUT2D eigenvalue weighted by atomic mass is 10.1. The van der Waals surface area contributed by atoms with Gasteiger partial charge in [-0.25, -0.2) is 9.18 Å². The van der Waals surface area contributed by atoms with E-state index in [0.717, 1.165) is 0 Å². The fourth-order valence-electron chi connectivity index (χ4n) is 2.23. The molecule has 0 fully saturated rings. The van der Waals surface area contributed by atoms with Crippen LogP contribution in [-0.4, -0.2) is 31.4 Å². The number of benzene rings is 2. The largest absolute Gasteiger partial charge is 0.497 e. The number of alkyl halides is 1. The minimum atomic E-state index is -1.29. The summed E-state index contributed by atoms with van der Waals surface area (Å²) >= 11 is 0. The van der Waals surface area contributed by atoms with Gasteiger partial charge in [0, 0.05) is 0 Å². The Balaban J connectivity index is 1.98. The molecule has 0 aliphatic rings. The van der Waals surface area contributed by atoms with Gasteiger partial charge in [-0.1, -0.05) is 24.3 Å². The second-order valence-corrected chi connectivity index (χ2v) is 5.37. The normalized spacial score (nSPS) is 12.3. The third-order valence-corrected chi connectivity index (χ3v) is 3.54. The van der Waals surface area contributed by atoms with Crippen LogP contribution in [0.1, 0.15) is 24.2 Å². The molecule has 0 saturated carbocycles. The van der Waals surface area contributed by atoms with Gasteiger partial charge in [-0.2, -0.15) is 0 Å². The van der Waals surface area contributed by atoms with E-state index in [2.05, 4.69) is 0 Å². The highest BCUT2D eigenvalue weighted by atomic mass is 19.1. The Bertz CT molecular complexity index is 755. The Morgan fingerprint density at radius 3 is 2.54 bits per heavy atom. The zero-order valence-corrected chi connectivity index (χ0v) is 14.6. The first-order chi connectivity index (χ1) is 12.5. The summed E-state index contributed by atoms with van der Waals surface area (Å²) in [5.74, 6) is -0.195. The molecule has 0 heterocycles. The van der Waals surface area contributed by atoms with Gasteiger partial charge in [0.15, 0.2) is 6.17 Å². The molecular formula is C20H21FO5. The van der Waals surface area contributed by atoms with Crippen LogP contribution in [0.4, 0.5) is 4.39 Å². The molecule has 0 aliphatic carbocycles. The van der Waals surface area contributed by atoms with Crippen LogP contribution >= 0.6 is 0 Å². The van der Waals surface area contributed by atoms with E-state index < -0.39 is 12.1 Å². The van der Waals surface area contributed by atoms with Gasteiger partial charge >= 0.3 is 5.97 Å². The number of halogens is 1. The van der Waals surface area contributed by atoms with Crippen molar-refractivity contribution >= 4 is 12.0 Å². The SMILES string of the molecule is CCO/C(=C\c1ccc(OC[C@H](F)c2cccc(OC)c2)cc1)C(=O)O. The molecule has 0 unspecified atom stereocenters. The molecule has 138 valence electrons. The van der Waals surface area contributed by atoms with Crippen molar-refractivity contribution in [1.29, 1.82) is 0 Å². The zero-order chi connectivity index (χ0) is 18.9. The second kappa shape index (κ2) is 9.46. The predicted octanol–water partition coefficient (Wildman–Crippen LogP) is 4.25. The van der Waals surface area contributed by atoms with E-state index in [1.54, 1.807) is 55.5 Å². The van der Waals surface area contributed by atoms with E-state index in [-0.39, 0.29) is 19.0 Å². The lowest BCUT2D eigenvalue weighted by molar-refractivity contribution is -0.136. The first-order valence-electron chi connectivity index (χ1n) is 8.12. The standard InChI is InChI=1S/C20H21FO5/c1-3-25-19(20(22)23)11-14-7-9-16(10-8-14)26-13-18(21)15-5-4-6-17(12-15)24-2/h4-12,18H,3,13H2,1-2H3,(H,22,23)/b19-11-/t18-/m0/s1. The van der Waals surface area contributed by atoms with Gasteiger partial charge in [0.1, 0.15) is 18.1 Å². The van der Waals surface area contributed by atoms with Crippen LogP contribution in [0, 0.1) is 0 Å². The van der Waals surface area contributed by atoms with Crippen LogP contribution in [0.15, 0.2) is 54.3 Å². The molecule has 0 aromatic heterocycles.